The van der Waals surface area contributed by atoms with E-state index in [4.69, 9.17) is 9.47 Å². The molecule has 3 aromatic rings. The number of aryl methyl sites for hydroxylation is 2. The predicted octanol–water partition coefficient (Wildman–Crippen LogP) is 4.61. The van der Waals surface area contributed by atoms with Gasteiger partial charge in [-0.1, -0.05) is 23.8 Å². The number of hydrogen-bond donors (Lipinski definition) is 2. The van der Waals surface area contributed by atoms with Crippen molar-refractivity contribution in [1.82, 2.24) is 5.32 Å². The molecule has 3 rings (SSSR count). The fourth-order valence-corrected chi connectivity index (χ4v) is 4.73. The number of benzene rings is 3. The first-order chi connectivity index (χ1) is 15.6. The number of carbonyl (C=O) groups is 1. The Labute approximate surface area is 194 Å². The Balaban J connectivity index is 1.85. The topological polar surface area (TPSA) is 93.7 Å². The Morgan fingerprint density at radius 2 is 1.61 bits per heavy atom. The van der Waals surface area contributed by atoms with Crippen molar-refractivity contribution in [2.75, 3.05) is 18.9 Å². The Morgan fingerprint density at radius 1 is 0.909 bits per heavy atom. The summed E-state index contributed by atoms with van der Waals surface area (Å²) in [6.45, 7) is 5.43. The summed E-state index contributed by atoms with van der Waals surface area (Å²) >= 11 is 0. The number of sulfonamides is 1. The maximum Gasteiger partial charge on any atom is 0.262 e. The molecule has 0 saturated carbocycles. The van der Waals surface area contributed by atoms with Crippen molar-refractivity contribution >= 4 is 21.6 Å². The van der Waals surface area contributed by atoms with Crippen LogP contribution in [0.3, 0.4) is 0 Å². The van der Waals surface area contributed by atoms with E-state index in [2.05, 4.69) is 10.0 Å². The van der Waals surface area contributed by atoms with Crippen LogP contribution in [0.2, 0.25) is 0 Å². The van der Waals surface area contributed by atoms with Gasteiger partial charge in [0.15, 0.2) is 0 Å². The second-order valence-corrected chi connectivity index (χ2v) is 9.41. The van der Waals surface area contributed by atoms with E-state index in [1.165, 1.54) is 6.07 Å². The van der Waals surface area contributed by atoms with Crippen molar-refractivity contribution in [3.05, 3.63) is 82.9 Å². The zero-order valence-electron chi connectivity index (χ0n) is 19.3. The number of ether oxygens (including phenoxy) is 2. The first-order valence-electron chi connectivity index (χ1n) is 10.4. The molecule has 0 spiro atoms. The normalized spacial score (nSPS) is 12.0. The number of hydrogen-bond acceptors (Lipinski definition) is 5. The number of carbonyl (C=O) groups excluding carboxylic acids is 1. The van der Waals surface area contributed by atoms with Gasteiger partial charge in [0.05, 0.1) is 25.2 Å². The smallest absolute Gasteiger partial charge is 0.262 e. The van der Waals surface area contributed by atoms with Gasteiger partial charge in [-0.15, -0.1) is 0 Å². The first kappa shape index (κ1) is 24.1. The second kappa shape index (κ2) is 9.95. The molecule has 33 heavy (non-hydrogen) atoms. The van der Waals surface area contributed by atoms with Gasteiger partial charge in [-0.05, 0) is 68.8 Å². The molecule has 0 fully saturated rings. The molecule has 0 radical (unpaired) electrons. The third-order valence-corrected chi connectivity index (χ3v) is 6.82. The largest absolute Gasteiger partial charge is 0.497 e. The van der Waals surface area contributed by atoms with Crippen LogP contribution in [0.25, 0.3) is 0 Å². The molecular weight excluding hydrogens is 440 g/mol. The number of amides is 1. The monoisotopic (exact) mass is 468 g/mol. The lowest BCUT2D eigenvalue weighted by Crippen LogP contribution is -2.27. The summed E-state index contributed by atoms with van der Waals surface area (Å²) in [4.78, 5) is 13.0. The Bertz CT molecular complexity index is 1250. The average Bonchev–Trinajstić information content (AvgIpc) is 2.80. The molecule has 0 aliphatic carbocycles. The average molecular weight is 469 g/mol. The van der Waals surface area contributed by atoms with Crippen molar-refractivity contribution < 1.29 is 22.7 Å². The number of rotatable bonds is 8. The summed E-state index contributed by atoms with van der Waals surface area (Å²) in [5, 5.41) is 2.90. The van der Waals surface area contributed by atoms with Crippen LogP contribution in [0.5, 0.6) is 11.5 Å². The molecule has 0 unspecified atom stereocenters. The lowest BCUT2D eigenvalue weighted by molar-refractivity contribution is 0.0939. The van der Waals surface area contributed by atoms with Gasteiger partial charge in [0, 0.05) is 16.8 Å². The lowest BCUT2D eigenvalue weighted by Gasteiger charge is -2.19. The predicted molar refractivity (Wildman–Crippen MR) is 129 cm³/mol. The summed E-state index contributed by atoms with van der Waals surface area (Å²) in [7, 11) is -0.763. The molecule has 1 atom stereocenters. The highest BCUT2D eigenvalue weighted by Crippen LogP contribution is 2.29. The van der Waals surface area contributed by atoms with Crippen LogP contribution in [0.15, 0.2) is 65.6 Å². The fraction of sp³-hybridized carbons (Fsp3) is 0.240. The molecule has 0 aromatic heterocycles. The van der Waals surface area contributed by atoms with Crippen molar-refractivity contribution in [3.63, 3.8) is 0 Å². The first-order valence-corrected chi connectivity index (χ1v) is 11.9. The maximum atomic E-state index is 13.0. The van der Waals surface area contributed by atoms with Gasteiger partial charge in [0.25, 0.3) is 15.9 Å². The minimum atomic E-state index is -3.88. The summed E-state index contributed by atoms with van der Waals surface area (Å²) in [5.74, 6) is 0.843. The third kappa shape index (κ3) is 5.64. The van der Waals surface area contributed by atoms with Crippen LogP contribution in [0, 0.1) is 13.8 Å². The van der Waals surface area contributed by atoms with E-state index in [1.807, 2.05) is 26.0 Å². The molecule has 0 aliphatic rings. The van der Waals surface area contributed by atoms with E-state index in [0.29, 0.717) is 22.7 Å². The van der Waals surface area contributed by atoms with Crippen molar-refractivity contribution in [2.45, 2.75) is 31.7 Å². The summed E-state index contributed by atoms with van der Waals surface area (Å²) in [6, 6.07) is 16.6. The summed E-state index contributed by atoms with van der Waals surface area (Å²) < 4.78 is 39.3. The van der Waals surface area contributed by atoms with Gasteiger partial charge in [0.2, 0.25) is 0 Å². The zero-order chi connectivity index (χ0) is 24.2. The van der Waals surface area contributed by atoms with Crippen LogP contribution in [0.1, 0.15) is 40.0 Å². The molecule has 0 saturated heterocycles. The number of methoxy groups -OCH3 is 2. The van der Waals surface area contributed by atoms with E-state index >= 15 is 0 Å². The molecule has 2 N–H and O–H groups in total. The SMILES string of the molecule is COc1ccc(OC)c([C@H](C)NC(=O)c2ccc(C)c(S(=O)(=O)Nc3ccc(C)cc3)c2)c1. The zero-order valence-corrected chi connectivity index (χ0v) is 20.1. The van der Waals surface area contributed by atoms with E-state index in [0.717, 1.165) is 11.1 Å². The number of anilines is 1. The molecular formula is C25H28N2O5S. The molecule has 174 valence electrons. The molecule has 0 aliphatic heterocycles. The van der Waals surface area contributed by atoms with Crippen LogP contribution < -0.4 is 19.5 Å². The summed E-state index contributed by atoms with van der Waals surface area (Å²) in [5.41, 5.74) is 2.99. The number of nitrogens with one attached hydrogen (secondary N) is 2. The standard InChI is InChI=1S/C25H28N2O5S/c1-16-6-10-20(11-7-16)27-33(29,30)24-14-19(9-8-17(24)2)25(28)26-18(3)22-15-21(31-4)12-13-23(22)32-5/h6-15,18,27H,1-5H3,(H,26,28)/t18-/m0/s1. The van der Waals surface area contributed by atoms with E-state index in [9.17, 15) is 13.2 Å². The summed E-state index contributed by atoms with van der Waals surface area (Å²) in [6.07, 6.45) is 0. The quantitative estimate of drug-likeness (QED) is 0.503. The molecule has 1 amide bonds. The molecule has 7 nitrogen and oxygen atoms in total. The third-order valence-electron chi connectivity index (χ3n) is 5.29. The van der Waals surface area contributed by atoms with Gasteiger partial charge in [-0.3, -0.25) is 9.52 Å². The van der Waals surface area contributed by atoms with Gasteiger partial charge in [-0.2, -0.15) is 0 Å². The highest BCUT2D eigenvalue weighted by molar-refractivity contribution is 7.92. The maximum absolute atomic E-state index is 13.0. The van der Waals surface area contributed by atoms with Crippen LogP contribution >= 0.6 is 0 Å². The Kier molecular flexibility index (Phi) is 7.28. The minimum Gasteiger partial charge on any atom is -0.497 e. The highest BCUT2D eigenvalue weighted by Gasteiger charge is 2.21. The van der Waals surface area contributed by atoms with Crippen LogP contribution in [0.4, 0.5) is 5.69 Å². The second-order valence-electron chi connectivity index (χ2n) is 7.75. The molecule has 3 aromatic carbocycles. The van der Waals surface area contributed by atoms with Gasteiger partial charge in [-0.25, -0.2) is 8.42 Å². The molecule has 0 heterocycles. The van der Waals surface area contributed by atoms with Crippen molar-refractivity contribution in [3.8, 4) is 11.5 Å². The molecule has 8 heteroatoms. The van der Waals surface area contributed by atoms with E-state index < -0.39 is 22.0 Å². The Hall–Kier alpha value is -3.52. The van der Waals surface area contributed by atoms with Crippen molar-refractivity contribution in [1.29, 1.82) is 0 Å². The Morgan fingerprint density at radius 3 is 2.24 bits per heavy atom. The fourth-order valence-electron chi connectivity index (χ4n) is 3.40. The van der Waals surface area contributed by atoms with Gasteiger partial charge in [0.1, 0.15) is 11.5 Å². The van der Waals surface area contributed by atoms with Crippen LogP contribution in [-0.4, -0.2) is 28.5 Å². The highest BCUT2D eigenvalue weighted by atomic mass is 32.2. The van der Waals surface area contributed by atoms with Gasteiger partial charge >= 0.3 is 0 Å². The van der Waals surface area contributed by atoms with Crippen LogP contribution in [-0.2, 0) is 10.0 Å². The van der Waals surface area contributed by atoms with Gasteiger partial charge < -0.3 is 14.8 Å². The minimum absolute atomic E-state index is 0.0438. The van der Waals surface area contributed by atoms with E-state index in [-0.39, 0.29) is 10.5 Å². The lowest BCUT2D eigenvalue weighted by atomic mass is 10.1. The molecule has 0 bridgehead atoms. The van der Waals surface area contributed by atoms with Crippen molar-refractivity contribution in [2.24, 2.45) is 0 Å². The van der Waals surface area contributed by atoms with E-state index in [1.54, 1.807) is 63.6 Å².